The number of ether oxygens (including phenoxy) is 1. The van der Waals surface area contributed by atoms with Gasteiger partial charge < -0.3 is 15.0 Å². The molecular weight excluding hydrogens is 244 g/mol. The van der Waals surface area contributed by atoms with E-state index in [0.29, 0.717) is 17.3 Å². The van der Waals surface area contributed by atoms with Crippen LogP contribution in [0, 0.1) is 0 Å². The number of methoxy groups -OCH3 is 1. The Morgan fingerprint density at radius 3 is 2.84 bits per heavy atom. The van der Waals surface area contributed by atoms with E-state index in [1.165, 1.54) is 0 Å². The zero-order chi connectivity index (χ0) is 13.2. The summed E-state index contributed by atoms with van der Waals surface area (Å²) in [5.41, 5.74) is 7.25. The zero-order valence-electron chi connectivity index (χ0n) is 10.3. The number of rotatable bonds is 3. The molecular formula is C13H12N4O2. The Balaban J connectivity index is 2.13. The second-order valence-electron chi connectivity index (χ2n) is 3.95. The second kappa shape index (κ2) is 4.49. The van der Waals surface area contributed by atoms with Crippen molar-refractivity contribution in [3.05, 3.63) is 42.7 Å². The van der Waals surface area contributed by atoms with Gasteiger partial charge in [-0.2, -0.15) is 5.10 Å². The molecule has 2 aromatic heterocycles. The molecule has 3 rings (SSSR count). The molecule has 6 heteroatoms. The molecule has 2 N–H and O–H groups in total. The van der Waals surface area contributed by atoms with E-state index >= 15 is 0 Å². The number of anilines is 1. The van der Waals surface area contributed by atoms with Crippen LogP contribution in [0.3, 0.4) is 0 Å². The predicted octanol–water partition coefficient (Wildman–Crippen LogP) is 2.12. The third-order valence-corrected chi connectivity index (χ3v) is 2.75. The number of nitrogen functional groups attached to an aromatic ring is 1. The molecule has 96 valence electrons. The van der Waals surface area contributed by atoms with E-state index in [-0.39, 0.29) is 0 Å². The van der Waals surface area contributed by atoms with Crippen molar-refractivity contribution in [1.29, 1.82) is 0 Å². The van der Waals surface area contributed by atoms with E-state index in [1.54, 1.807) is 24.1 Å². The van der Waals surface area contributed by atoms with Gasteiger partial charge in [0.25, 0.3) is 0 Å². The number of aromatic nitrogens is 3. The number of hydrogen-bond donors (Lipinski definition) is 1. The molecule has 0 unspecified atom stereocenters. The van der Waals surface area contributed by atoms with Gasteiger partial charge in [0.1, 0.15) is 5.75 Å². The van der Waals surface area contributed by atoms with Crippen LogP contribution in [-0.2, 0) is 0 Å². The Labute approximate surface area is 109 Å². The van der Waals surface area contributed by atoms with Crippen LogP contribution >= 0.6 is 0 Å². The van der Waals surface area contributed by atoms with Crippen LogP contribution in [0.15, 0.2) is 47.2 Å². The first kappa shape index (κ1) is 11.3. The molecule has 19 heavy (non-hydrogen) atoms. The summed E-state index contributed by atoms with van der Waals surface area (Å²) in [6, 6.07) is 9.19. The Kier molecular flexibility index (Phi) is 2.68. The van der Waals surface area contributed by atoms with Gasteiger partial charge in [-0.3, -0.25) is 0 Å². The Morgan fingerprint density at radius 2 is 2.21 bits per heavy atom. The van der Waals surface area contributed by atoms with Gasteiger partial charge in [0.15, 0.2) is 11.6 Å². The van der Waals surface area contributed by atoms with Gasteiger partial charge in [0.05, 0.1) is 18.4 Å². The summed E-state index contributed by atoms with van der Waals surface area (Å²) in [6.07, 6.45) is 3.58. The Hall–Kier alpha value is -2.76. The van der Waals surface area contributed by atoms with Gasteiger partial charge in [-0.05, 0) is 24.3 Å². The molecule has 1 aromatic carbocycles. The van der Waals surface area contributed by atoms with Crippen LogP contribution in [-0.4, -0.2) is 22.0 Å². The third-order valence-electron chi connectivity index (χ3n) is 2.75. The summed E-state index contributed by atoms with van der Waals surface area (Å²) in [4.78, 5) is 0. The summed E-state index contributed by atoms with van der Waals surface area (Å²) in [5, 5.41) is 7.87. The van der Waals surface area contributed by atoms with Crippen molar-refractivity contribution in [3.8, 4) is 22.8 Å². The summed E-state index contributed by atoms with van der Waals surface area (Å²) >= 11 is 0. The van der Waals surface area contributed by atoms with Crippen LogP contribution in [0.4, 0.5) is 5.82 Å². The Bertz CT molecular complexity index is 688. The van der Waals surface area contributed by atoms with Crippen molar-refractivity contribution < 1.29 is 9.26 Å². The van der Waals surface area contributed by atoms with E-state index in [9.17, 15) is 0 Å². The van der Waals surface area contributed by atoms with Crippen molar-refractivity contribution in [2.75, 3.05) is 12.8 Å². The maximum atomic E-state index is 5.58. The molecule has 0 aliphatic carbocycles. The van der Waals surface area contributed by atoms with Crippen LogP contribution < -0.4 is 10.5 Å². The maximum Gasteiger partial charge on any atom is 0.172 e. The minimum Gasteiger partial charge on any atom is -0.496 e. The first-order valence-electron chi connectivity index (χ1n) is 5.68. The number of hydrogen-bond acceptors (Lipinski definition) is 5. The fourth-order valence-corrected chi connectivity index (χ4v) is 1.87. The quantitative estimate of drug-likeness (QED) is 0.776. The molecule has 3 aromatic rings. The van der Waals surface area contributed by atoms with Gasteiger partial charge in [-0.15, -0.1) is 0 Å². The normalized spacial score (nSPS) is 10.6. The first-order valence-corrected chi connectivity index (χ1v) is 5.68. The molecule has 0 aliphatic heterocycles. The predicted molar refractivity (Wildman–Crippen MR) is 70.0 cm³/mol. The van der Waals surface area contributed by atoms with Crippen molar-refractivity contribution in [1.82, 2.24) is 14.9 Å². The fraction of sp³-hybridized carbons (Fsp3) is 0.0769. The fourth-order valence-electron chi connectivity index (χ4n) is 1.87. The molecule has 2 heterocycles. The van der Waals surface area contributed by atoms with Crippen molar-refractivity contribution in [2.45, 2.75) is 0 Å². The lowest BCUT2D eigenvalue weighted by Gasteiger charge is -2.08. The SMILES string of the molecule is COc1ccc(-n2cccn2)cc1-c1cc(N)no1. The minimum atomic E-state index is 0.335. The van der Waals surface area contributed by atoms with E-state index < -0.39 is 0 Å². The number of nitrogens with zero attached hydrogens (tertiary/aromatic N) is 3. The second-order valence-corrected chi connectivity index (χ2v) is 3.95. The molecule has 0 bridgehead atoms. The average Bonchev–Trinajstić information content (AvgIpc) is 3.09. The number of benzene rings is 1. The van der Waals surface area contributed by atoms with Crippen LogP contribution in [0.1, 0.15) is 0 Å². The van der Waals surface area contributed by atoms with Gasteiger partial charge >= 0.3 is 0 Å². The van der Waals surface area contributed by atoms with Gasteiger partial charge in [-0.1, -0.05) is 5.16 Å². The number of nitrogens with two attached hydrogens (primary N) is 1. The van der Waals surface area contributed by atoms with E-state index in [1.807, 2.05) is 30.5 Å². The topological polar surface area (TPSA) is 79.1 Å². The zero-order valence-corrected chi connectivity index (χ0v) is 10.3. The first-order chi connectivity index (χ1) is 9.28. The summed E-state index contributed by atoms with van der Waals surface area (Å²) < 4.78 is 12.3. The smallest absolute Gasteiger partial charge is 0.172 e. The molecule has 0 spiro atoms. The van der Waals surface area contributed by atoms with E-state index in [2.05, 4.69) is 10.3 Å². The molecule has 0 fully saturated rings. The minimum absolute atomic E-state index is 0.335. The molecule has 0 atom stereocenters. The van der Waals surface area contributed by atoms with Gasteiger partial charge in [-0.25, -0.2) is 4.68 Å². The van der Waals surface area contributed by atoms with E-state index in [4.69, 9.17) is 15.0 Å². The van der Waals surface area contributed by atoms with Crippen LogP contribution in [0.5, 0.6) is 5.75 Å². The van der Waals surface area contributed by atoms with Crippen LogP contribution in [0.25, 0.3) is 17.0 Å². The average molecular weight is 256 g/mol. The highest BCUT2D eigenvalue weighted by Crippen LogP contribution is 2.32. The third kappa shape index (κ3) is 2.03. The largest absolute Gasteiger partial charge is 0.496 e. The molecule has 0 aliphatic rings. The highest BCUT2D eigenvalue weighted by Gasteiger charge is 2.12. The Morgan fingerprint density at radius 1 is 1.32 bits per heavy atom. The summed E-state index contributed by atoms with van der Waals surface area (Å²) in [6.45, 7) is 0. The monoisotopic (exact) mass is 256 g/mol. The molecule has 0 amide bonds. The molecule has 0 saturated heterocycles. The molecule has 6 nitrogen and oxygen atoms in total. The lowest BCUT2D eigenvalue weighted by Crippen LogP contribution is -1.96. The maximum absolute atomic E-state index is 5.58. The van der Waals surface area contributed by atoms with Crippen molar-refractivity contribution in [3.63, 3.8) is 0 Å². The highest BCUT2D eigenvalue weighted by molar-refractivity contribution is 5.70. The summed E-state index contributed by atoms with van der Waals surface area (Å²) in [7, 11) is 1.60. The van der Waals surface area contributed by atoms with Crippen LogP contribution in [0.2, 0.25) is 0 Å². The van der Waals surface area contributed by atoms with Crippen molar-refractivity contribution in [2.24, 2.45) is 0 Å². The van der Waals surface area contributed by atoms with Gasteiger partial charge in [0, 0.05) is 18.5 Å². The standard InChI is InChI=1S/C13H12N4O2/c1-18-11-4-3-9(17-6-2-5-15-17)7-10(11)12-8-13(14)16-19-12/h2-8H,1H3,(H2,14,16). The lowest BCUT2D eigenvalue weighted by molar-refractivity contribution is 0.407. The van der Waals surface area contributed by atoms with Crippen molar-refractivity contribution >= 4 is 5.82 Å². The molecule has 0 saturated carbocycles. The molecule has 0 radical (unpaired) electrons. The summed E-state index contributed by atoms with van der Waals surface area (Å²) in [5.74, 6) is 1.58. The highest BCUT2D eigenvalue weighted by atomic mass is 16.5. The van der Waals surface area contributed by atoms with E-state index in [0.717, 1.165) is 11.3 Å². The van der Waals surface area contributed by atoms with Gasteiger partial charge in [0.2, 0.25) is 0 Å². The lowest BCUT2D eigenvalue weighted by atomic mass is 10.1.